The van der Waals surface area contributed by atoms with E-state index in [1.165, 1.54) is 13.2 Å². The third-order valence-corrected chi connectivity index (χ3v) is 2.56. The van der Waals surface area contributed by atoms with Crippen molar-refractivity contribution in [2.24, 2.45) is 0 Å². The van der Waals surface area contributed by atoms with Gasteiger partial charge in [0.1, 0.15) is 0 Å². The Labute approximate surface area is 86.8 Å². The molecule has 3 nitrogen and oxygen atoms in total. The molecule has 4 heteroatoms. The Morgan fingerprint density at radius 2 is 2.33 bits per heavy atom. The largest absolute Gasteiger partial charge is 0.475 e. The summed E-state index contributed by atoms with van der Waals surface area (Å²) in [6, 6.07) is 3.02. The summed E-state index contributed by atoms with van der Waals surface area (Å²) >= 11 is 0. The Balaban J connectivity index is 2.34. The lowest BCUT2D eigenvalue weighted by atomic mass is 10.0. The van der Waals surface area contributed by atoms with E-state index in [4.69, 9.17) is 4.74 Å². The van der Waals surface area contributed by atoms with Crippen LogP contribution >= 0.6 is 0 Å². The highest BCUT2D eigenvalue weighted by atomic mass is 19.1. The van der Waals surface area contributed by atoms with Crippen LogP contribution in [0.1, 0.15) is 11.1 Å². The number of carbonyl (C=O) groups is 1. The lowest BCUT2D eigenvalue weighted by molar-refractivity contribution is -0.147. The van der Waals surface area contributed by atoms with Crippen molar-refractivity contribution in [3.05, 3.63) is 29.1 Å². The van der Waals surface area contributed by atoms with Gasteiger partial charge in [-0.1, -0.05) is 6.07 Å². The molecule has 1 atom stereocenters. The van der Waals surface area contributed by atoms with Crippen LogP contribution in [0.15, 0.2) is 12.1 Å². The monoisotopic (exact) mass is 210 g/mol. The Hall–Kier alpha value is -1.58. The number of esters is 1. The van der Waals surface area contributed by atoms with E-state index in [9.17, 15) is 9.18 Å². The van der Waals surface area contributed by atoms with Gasteiger partial charge in [0.05, 0.1) is 7.11 Å². The maximum atomic E-state index is 13.3. The normalized spacial score (nSPS) is 18.2. The fourth-order valence-corrected chi connectivity index (χ4v) is 1.71. The van der Waals surface area contributed by atoms with Crippen LogP contribution in [0.25, 0.3) is 0 Å². The molecule has 0 radical (unpaired) electrons. The quantitative estimate of drug-likeness (QED) is 0.660. The van der Waals surface area contributed by atoms with E-state index >= 15 is 0 Å². The van der Waals surface area contributed by atoms with E-state index in [2.05, 4.69) is 4.74 Å². The van der Waals surface area contributed by atoms with Crippen LogP contribution in [-0.4, -0.2) is 19.2 Å². The van der Waals surface area contributed by atoms with Crippen LogP contribution in [0.3, 0.4) is 0 Å². The van der Waals surface area contributed by atoms with Crippen molar-refractivity contribution in [3.63, 3.8) is 0 Å². The van der Waals surface area contributed by atoms with Crippen molar-refractivity contribution in [1.82, 2.24) is 0 Å². The Kier molecular flexibility index (Phi) is 2.34. The second-order valence-electron chi connectivity index (χ2n) is 3.51. The molecule has 0 saturated heterocycles. The minimum atomic E-state index is -0.708. The van der Waals surface area contributed by atoms with Crippen LogP contribution in [0.5, 0.6) is 5.75 Å². The first-order chi connectivity index (χ1) is 7.13. The van der Waals surface area contributed by atoms with Crippen molar-refractivity contribution in [1.29, 1.82) is 0 Å². The standard InChI is InChI=1S/C11H11FO3/c1-6-3-4-8(12)10-7(6)5-9(15-10)11(13)14-2/h3-4,9H,5H2,1-2H3. The number of benzene rings is 1. The van der Waals surface area contributed by atoms with Crippen LogP contribution in [0, 0.1) is 12.7 Å². The number of methoxy groups -OCH3 is 1. The molecule has 1 aliphatic heterocycles. The number of carbonyl (C=O) groups excluding carboxylic acids is 1. The average molecular weight is 210 g/mol. The summed E-state index contributed by atoms with van der Waals surface area (Å²) in [4.78, 5) is 11.2. The third-order valence-electron chi connectivity index (χ3n) is 2.56. The van der Waals surface area contributed by atoms with Gasteiger partial charge in [-0.2, -0.15) is 0 Å². The summed E-state index contributed by atoms with van der Waals surface area (Å²) in [6.07, 6.45) is -0.327. The molecule has 0 aromatic heterocycles. The molecule has 1 aromatic carbocycles. The first kappa shape index (κ1) is 9.96. The molecular formula is C11H11FO3. The molecule has 1 unspecified atom stereocenters. The third kappa shape index (κ3) is 1.56. The van der Waals surface area contributed by atoms with Crippen LogP contribution in [-0.2, 0) is 16.0 Å². The van der Waals surface area contributed by atoms with Crippen molar-refractivity contribution in [2.75, 3.05) is 7.11 Å². The van der Waals surface area contributed by atoms with Gasteiger partial charge in [0, 0.05) is 12.0 Å². The van der Waals surface area contributed by atoms with Crippen molar-refractivity contribution in [2.45, 2.75) is 19.4 Å². The molecule has 2 rings (SSSR count). The lowest BCUT2D eigenvalue weighted by Crippen LogP contribution is -2.26. The van der Waals surface area contributed by atoms with E-state index in [0.29, 0.717) is 6.42 Å². The topological polar surface area (TPSA) is 35.5 Å². The fraction of sp³-hybridized carbons (Fsp3) is 0.364. The minimum absolute atomic E-state index is 0.186. The van der Waals surface area contributed by atoms with E-state index < -0.39 is 17.9 Å². The first-order valence-corrected chi connectivity index (χ1v) is 4.66. The van der Waals surface area contributed by atoms with Crippen molar-refractivity contribution in [3.8, 4) is 5.75 Å². The molecule has 80 valence electrons. The first-order valence-electron chi connectivity index (χ1n) is 4.66. The fourth-order valence-electron chi connectivity index (χ4n) is 1.71. The average Bonchev–Trinajstić information content (AvgIpc) is 2.68. The second kappa shape index (κ2) is 3.53. The number of halogens is 1. The molecule has 0 fully saturated rings. The molecule has 0 aliphatic carbocycles. The highest BCUT2D eigenvalue weighted by Crippen LogP contribution is 2.34. The maximum Gasteiger partial charge on any atom is 0.347 e. The highest BCUT2D eigenvalue weighted by molar-refractivity contribution is 5.77. The zero-order chi connectivity index (χ0) is 11.0. The van der Waals surface area contributed by atoms with E-state index in [-0.39, 0.29) is 5.75 Å². The van der Waals surface area contributed by atoms with Gasteiger partial charge in [-0.15, -0.1) is 0 Å². The highest BCUT2D eigenvalue weighted by Gasteiger charge is 2.32. The summed E-state index contributed by atoms with van der Waals surface area (Å²) in [6.45, 7) is 1.86. The van der Waals surface area contributed by atoms with E-state index in [1.54, 1.807) is 6.07 Å². The van der Waals surface area contributed by atoms with Crippen LogP contribution in [0.2, 0.25) is 0 Å². The summed E-state index contributed by atoms with van der Waals surface area (Å²) in [7, 11) is 1.29. The SMILES string of the molecule is COC(=O)C1Cc2c(C)ccc(F)c2O1. The van der Waals surface area contributed by atoms with Gasteiger partial charge in [-0.3, -0.25) is 0 Å². The summed E-state index contributed by atoms with van der Waals surface area (Å²) < 4.78 is 23.1. The Morgan fingerprint density at radius 3 is 2.93 bits per heavy atom. The summed E-state index contributed by atoms with van der Waals surface area (Å²) in [5.74, 6) is -0.711. The van der Waals surface area contributed by atoms with Gasteiger partial charge in [0.15, 0.2) is 17.7 Å². The summed E-state index contributed by atoms with van der Waals surface area (Å²) in [5.41, 5.74) is 1.68. The van der Waals surface area contributed by atoms with Crippen molar-refractivity contribution >= 4 is 5.97 Å². The lowest BCUT2D eigenvalue weighted by Gasteiger charge is -2.07. The molecule has 0 saturated carbocycles. The molecule has 0 spiro atoms. The van der Waals surface area contributed by atoms with E-state index in [0.717, 1.165) is 11.1 Å². The van der Waals surface area contributed by atoms with Crippen molar-refractivity contribution < 1.29 is 18.7 Å². The second-order valence-corrected chi connectivity index (χ2v) is 3.51. The number of aryl methyl sites for hydroxylation is 1. The molecule has 1 heterocycles. The molecule has 1 aliphatic rings. The number of hydrogen-bond acceptors (Lipinski definition) is 3. The van der Waals surface area contributed by atoms with Gasteiger partial charge in [-0.05, 0) is 18.6 Å². The molecular weight excluding hydrogens is 199 g/mol. The van der Waals surface area contributed by atoms with Gasteiger partial charge >= 0.3 is 5.97 Å². The predicted octanol–water partition coefficient (Wildman–Crippen LogP) is 1.61. The molecule has 15 heavy (non-hydrogen) atoms. The van der Waals surface area contributed by atoms with Gasteiger partial charge < -0.3 is 9.47 Å². The van der Waals surface area contributed by atoms with Gasteiger partial charge in [-0.25, -0.2) is 9.18 Å². The molecule has 0 amide bonds. The van der Waals surface area contributed by atoms with E-state index in [1.807, 2.05) is 6.92 Å². The smallest absolute Gasteiger partial charge is 0.347 e. The maximum absolute atomic E-state index is 13.3. The number of rotatable bonds is 1. The Bertz CT molecular complexity index is 384. The number of hydrogen-bond donors (Lipinski definition) is 0. The van der Waals surface area contributed by atoms with Crippen LogP contribution < -0.4 is 4.74 Å². The molecule has 0 N–H and O–H groups in total. The van der Waals surface area contributed by atoms with Gasteiger partial charge in [0.25, 0.3) is 0 Å². The van der Waals surface area contributed by atoms with Gasteiger partial charge in [0.2, 0.25) is 0 Å². The number of fused-ring (bicyclic) bond motifs is 1. The zero-order valence-corrected chi connectivity index (χ0v) is 8.54. The summed E-state index contributed by atoms with van der Waals surface area (Å²) in [5, 5.41) is 0. The molecule has 1 aromatic rings. The Morgan fingerprint density at radius 1 is 1.60 bits per heavy atom. The zero-order valence-electron chi connectivity index (χ0n) is 8.54. The molecule has 0 bridgehead atoms. The predicted molar refractivity (Wildman–Crippen MR) is 51.3 cm³/mol. The minimum Gasteiger partial charge on any atom is -0.475 e. The number of ether oxygens (including phenoxy) is 2. The van der Waals surface area contributed by atoms with Crippen LogP contribution in [0.4, 0.5) is 4.39 Å².